The first-order valence-electron chi connectivity index (χ1n) is 12.4. The van der Waals surface area contributed by atoms with Gasteiger partial charge in [-0.05, 0) is 42.9 Å². The van der Waals surface area contributed by atoms with E-state index in [0.717, 1.165) is 9.87 Å². The normalized spacial score (nSPS) is 15.0. The summed E-state index contributed by atoms with van der Waals surface area (Å²) in [6.07, 6.45) is 1.25. The fourth-order valence-corrected chi connectivity index (χ4v) is 5.90. The van der Waals surface area contributed by atoms with Crippen LogP contribution in [0.1, 0.15) is 56.0 Å². The molecule has 0 fully saturated rings. The van der Waals surface area contributed by atoms with Crippen LogP contribution in [0.3, 0.4) is 0 Å². The van der Waals surface area contributed by atoms with Gasteiger partial charge in [0, 0.05) is 26.1 Å². The Morgan fingerprint density at radius 1 is 1.03 bits per heavy atom. The van der Waals surface area contributed by atoms with E-state index in [4.69, 9.17) is 0 Å². The van der Waals surface area contributed by atoms with E-state index in [1.807, 2.05) is 51.1 Å². The smallest absolute Gasteiger partial charge is 0.269 e. The first-order chi connectivity index (χ1) is 17.2. The van der Waals surface area contributed by atoms with Crippen LogP contribution >= 0.6 is 0 Å². The Morgan fingerprint density at radius 2 is 1.69 bits per heavy atom. The van der Waals surface area contributed by atoms with Crippen molar-refractivity contribution in [3.63, 3.8) is 0 Å². The SMILES string of the molecule is CC[C@@H](C(=O)NCC(C)C)N(CCc1ccccc1)C(=O)CCCN1C(=O)c2ccccc2S1(=O)=O. The van der Waals surface area contributed by atoms with Gasteiger partial charge in [0.05, 0.1) is 5.56 Å². The van der Waals surface area contributed by atoms with Gasteiger partial charge in [-0.15, -0.1) is 0 Å². The van der Waals surface area contributed by atoms with Crippen molar-refractivity contribution < 1.29 is 22.8 Å². The van der Waals surface area contributed by atoms with Crippen molar-refractivity contribution in [2.45, 2.75) is 57.4 Å². The number of nitrogens with one attached hydrogen (secondary N) is 1. The van der Waals surface area contributed by atoms with Crippen molar-refractivity contribution in [1.82, 2.24) is 14.5 Å². The van der Waals surface area contributed by atoms with Crippen molar-refractivity contribution in [2.24, 2.45) is 5.92 Å². The van der Waals surface area contributed by atoms with Gasteiger partial charge in [-0.1, -0.05) is 63.2 Å². The lowest BCUT2D eigenvalue weighted by Crippen LogP contribution is -2.50. The van der Waals surface area contributed by atoms with Gasteiger partial charge in [-0.3, -0.25) is 14.4 Å². The zero-order valence-electron chi connectivity index (χ0n) is 21.1. The molecule has 0 unspecified atom stereocenters. The van der Waals surface area contributed by atoms with Gasteiger partial charge >= 0.3 is 0 Å². The molecule has 1 N–H and O–H groups in total. The van der Waals surface area contributed by atoms with Crippen LogP contribution in [0.25, 0.3) is 0 Å². The molecule has 1 atom stereocenters. The Balaban J connectivity index is 1.69. The second-order valence-electron chi connectivity index (χ2n) is 9.37. The lowest BCUT2D eigenvalue weighted by atomic mass is 10.1. The molecule has 36 heavy (non-hydrogen) atoms. The highest BCUT2D eigenvalue weighted by atomic mass is 32.2. The molecule has 0 saturated heterocycles. The molecular formula is C27H35N3O5S. The number of hydrogen-bond acceptors (Lipinski definition) is 5. The molecule has 2 aromatic carbocycles. The van der Waals surface area contributed by atoms with Gasteiger partial charge in [0.15, 0.2) is 0 Å². The van der Waals surface area contributed by atoms with Gasteiger partial charge in [-0.25, -0.2) is 12.7 Å². The molecule has 0 saturated carbocycles. The molecular weight excluding hydrogens is 478 g/mol. The third-order valence-electron chi connectivity index (χ3n) is 6.22. The first-order valence-corrected chi connectivity index (χ1v) is 13.9. The van der Waals surface area contributed by atoms with Crippen molar-refractivity contribution in [3.05, 3.63) is 65.7 Å². The third-order valence-corrected chi connectivity index (χ3v) is 8.06. The predicted molar refractivity (Wildman–Crippen MR) is 138 cm³/mol. The summed E-state index contributed by atoms with van der Waals surface area (Å²) in [4.78, 5) is 40.5. The lowest BCUT2D eigenvalue weighted by molar-refractivity contribution is -0.140. The van der Waals surface area contributed by atoms with Gasteiger partial charge in [-0.2, -0.15) is 0 Å². The predicted octanol–water partition coefficient (Wildman–Crippen LogP) is 3.23. The Bertz CT molecular complexity index is 1180. The summed E-state index contributed by atoms with van der Waals surface area (Å²) < 4.78 is 26.4. The highest BCUT2D eigenvalue weighted by Gasteiger charge is 2.40. The highest BCUT2D eigenvalue weighted by molar-refractivity contribution is 7.90. The molecule has 2 aromatic rings. The van der Waals surface area contributed by atoms with E-state index in [2.05, 4.69) is 5.32 Å². The molecule has 0 radical (unpaired) electrons. The number of hydrogen-bond donors (Lipinski definition) is 1. The topological polar surface area (TPSA) is 104 Å². The van der Waals surface area contributed by atoms with E-state index < -0.39 is 22.0 Å². The molecule has 3 rings (SSSR count). The molecule has 0 aromatic heterocycles. The summed E-state index contributed by atoms with van der Waals surface area (Å²) in [5, 5.41) is 2.93. The number of nitrogens with zero attached hydrogens (tertiary/aromatic N) is 2. The lowest BCUT2D eigenvalue weighted by Gasteiger charge is -2.31. The van der Waals surface area contributed by atoms with Crippen LogP contribution in [0.4, 0.5) is 0 Å². The minimum Gasteiger partial charge on any atom is -0.354 e. The summed E-state index contributed by atoms with van der Waals surface area (Å²) in [6.45, 7) is 6.67. The molecule has 8 nitrogen and oxygen atoms in total. The number of benzene rings is 2. The Labute approximate surface area is 213 Å². The first kappa shape index (κ1) is 27.4. The van der Waals surface area contributed by atoms with E-state index >= 15 is 0 Å². The average Bonchev–Trinajstić information content (AvgIpc) is 3.06. The van der Waals surface area contributed by atoms with Crippen LogP contribution in [0, 0.1) is 5.92 Å². The minimum atomic E-state index is -3.92. The fourth-order valence-electron chi connectivity index (χ4n) is 4.29. The summed E-state index contributed by atoms with van der Waals surface area (Å²) >= 11 is 0. The molecule has 0 spiro atoms. The van der Waals surface area contributed by atoms with E-state index in [9.17, 15) is 22.8 Å². The molecule has 1 aliphatic heterocycles. The zero-order valence-corrected chi connectivity index (χ0v) is 22.0. The summed E-state index contributed by atoms with van der Waals surface area (Å²) in [7, 11) is -3.92. The Morgan fingerprint density at radius 3 is 2.33 bits per heavy atom. The van der Waals surface area contributed by atoms with Crippen LogP contribution < -0.4 is 5.32 Å². The number of fused-ring (bicyclic) bond motifs is 1. The third kappa shape index (κ3) is 6.32. The summed E-state index contributed by atoms with van der Waals surface area (Å²) in [5.41, 5.74) is 1.21. The Kier molecular flexibility index (Phi) is 9.25. The minimum absolute atomic E-state index is 0.00122. The van der Waals surface area contributed by atoms with Crippen LogP contribution in [0.5, 0.6) is 0 Å². The average molecular weight is 514 g/mol. The quantitative estimate of drug-likeness (QED) is 0.469. The van der Waals surface area contributed by atoms with E-state index in [-0.39, 0.29) is 47.6 Å². The van der Waals surface area contributed by atoms with Crippen molar-refractivity contribution >= 4 is 27.7 Å². The van der Waals surface area contributed by atoms with Gasteiger partial charge < -0.3 is 10.2 Å². The summed E-state index contributed by atoms with van der Waals surface area (Å²) in [6, 6.07) is 15.2. The standard InChI is InChI=1S/C27H35N3O5S/c1-4-23(26(32)28-19-20(2)3)29(18-16-21-11-6-5-7-12-21)25(31)15-10-17-30-27(33)22-13-8-9-14-24(22)36(30,34)35/h5-9,11-14,20,23H,4,10,15-19H2,1-3H3,(H,28,32)/t23-/m0/s1. The van der Waals surface area contributed by atoms with Crippen molar-refractivity contribution in [2.75, 3.05) is 19.6 Å². The maximum atomic E-state index is 13.3. The van der Waals surface area contributed by atoms with Crippen LogP contribution in [-0.4, -0.2) is 61.0 Å². The van der Waals surface area contributed by atoms with Gasteiger partial charge in [0.1, 0.15) is 10.9 Å². The molecule has 0 bridgehead atoms. The molecule has 3 amide bonds. The monoisotopic (exact) mass is 513 g/mol. The fraction of sp³-hybridized carbons (Fsp3) is 0.444. The largest absolute Gasteiger partial charge is 0.354 e. The molecule has 9 heteroatoms. The van der Waals surface area contributed by atoms with E-state index in [1.165, 1.54) is 12.1 Å². The van der Waals surface area contributed by atoms with Crippen LogP contribution in [0.2, 0.25) is 0 Å². The molecule has 1 aliphatic rings. The van der Waals surface area contributed by atoms with Crippen LogP contribution in [0.15, 0.2) is 59.5 Å². The number of carbonyl (C=O) groups is 3. The van der Waals surface area contributed by atoms with Crippen molar-refractivity contribution in [1.29, 1.82) is 0 Å². The maximum Gasteiger partial charge on any atom is 0.269 e. The summed E-state index contributed by atoms with van der Waals surface area (Å²) in [5.74, 6) is -0.720. The maximum absolute atomic E-state index is 13.3. The number of amides is 3. The number of carbonyl (C=O) groups excluding carboxylic acids is 3. The second-order valence-corrected chi connectivity index (χ2v) is 11.2. The van der Waals surface area contributed by atoms with Gasteiger partial charge in [0.25, 0.3) is 15.9 Å². The second kappa shape index (κ2) is 12.2. The molecule has 1 heterocycles. The van der Waals surface area contributed by atoms with Crippen LogP contribution in [-0.2, 0) is 26.0 Å². The van der Waals surface area contributed by atoms with E-state index in [0.29, 0.717) is 25.9 Å². The molecule has 0 aliphatic carbocycles. The highest BCUT2D eigenvalue weighted by Crippen LogP contribution is 2.30. The van der Waals surface area contributed by atoms with Gasteiger partial charge in [0.2, 0.25) is 11.8 Å². The zero-order chi connectivity index (χ0) is 26.3. The molecule has 194 valence electrons. The number of rotatable bonds is 12. The van der Waals surface area contributed by atoms with Crippen molar-refractivity contribution in [3.8, 4) is 0 Å². The Hall–Kier alpha value is -3.20. The van der Waals surface area contributed by atoms with E-state index in [1.54, 1.807) is 17.0 Å². The number of sulfonamides is 1.